The van der Waals surface area contributed by atoms with Crippen molar-refractivity contribution in [2.75, 3.05) is 11.9 Å². The zero-order chi connectivity index (χ0) is 14.5. The molecule has 6 heteroatoms. The fourth-order valence-corrected chi connectivity index (χ4v) is 1.61. The Bertz CT molecular complexity index is 695. The molecular formula is C14H14N4O2. The normalized spacial score (nSPS) is 9.75. The first-order valence-electron chi connectivity index (χ1n) is 6.01. The molecule has 20 heavy (non-hydrogen) atoms. The van der Waals surface area contributed by atoms with Crippen molar-refractivity contribution >= 4 is 11.9 Å². The Morgan fingerprint density at radius 1 is 1.40 bits per heavy atom. The van der Waals surface area contributed by atoms with Gasteiger partial charge in [-0.15, -0.1) is 5.10 Å². The molecule has 0 atom stereocenters. The van der Waals surface area contributed by atoms with Crippen LogP contribution in [0.1, 0.15) is 27.4 Å². The van der Waals surface area contributed by atoms with Crippen LogP contribution in [-0.2, 0) is 0 Å². The zero-order valence-electron chi connectivity index (χ0n) is 11.2. The number of aryl methyl sites for hydroxylation is 2. The number of amides is 1. The summed E-state index contributed by atoms with van der Waals surface area (Å²) in [5.74, 6) is 5.64. The summed E-state index contributed by atoms with van der Waals surface area (Å²) < 4.78 is 5.12. The van der Waals surface area contributed by atoms with Crippen molar-refractivity contribution in [1.82, 2.24) is 10.2 Å². The molecule has 1 amide bonds. The van der Waals surface area contributed by atoms with Gasteiger partial charge < -0.3 is 10.2 Å². The highest BCUT2D eigenvalue weighted by molar-refractivity contribution is 6.05. The fraction of sp³-hybridized carbons (Fsp3) is 0.214. The van der Waals surface area contributed by atoms with E-state index in [-0.39, 0.29) is 18.5 Å². The largest absolute Gasteiger partial charge is 0.408 e. The maximum atomic E-state index is 12.2. The van der Waals surface area contributed by atoms with Gasteiger partial charge in [0.1, 0.15) is 0 Å². The van der Waals surface area contributed by atoms with Gasteiger partial charge in [0.2, 0.25) is 5.89 Å². The van der Waals surface area contributed by atoms with Gasteiger partial charge in [-0.25, -0.2) is 0 Å². The van der Waals surface area contributed by atoms with Gasteiger partial charge in [-0.2, -0.15) is 0 Å². The smallest absolute Gasteiger partial charge is 0.322 e. The molecular weight excluding hydrogens is 256 g/mol. The molecule has 1 heterocycles. The van der Waals surface area contributed by atoms with Gasteiger partial charge in [-0.3, -0.25) is 10.1 Å². The number of hydrogen-bond acceptors (Lipinski definition) is 5. The Kier molecular flexibility index (Phi) is 4.13. The molecule has 1 aromatic carbocycles. The van der Waals surface area contributed by atoms with E-state index >= 15 is 0 Å². The lowest BCUT2D eigenvalue weighted by Crippen LogP contribution is -2.14. The molecule has 102 valence electrons. The molecule has 0 radical (unpaired) electrons. The topological polar surface area (TPSA) is 94.0 Å². The van der Waals surface area contributed by atoms with Gasteiger partial charge >= 0.3 is 6.01 Å². The third kappa shape index (κ3) is 3.22. The lowest BCUT2D eigenvalue weighted by molar-refractivity contribution is 0.102. The summed E-state index contributed by atoms with van der Waals surface area (Å²) in [5, 5.41) is 9.91. The van der Waals surface area contributed by atoms with Gasteiger partial charge in [0.15, 0.2) is 0 Å². The third-order valence-electron chi connectivity index (χ3n) is 2.49. The summed E-state index contributed by atoms with van der Waals surface area (Å²) in [6.45, 7) is 3.78. The SMILES string of the molecule is Cc1ccc(C#CCN)c(C(=O)Nc2nnc(C)o2)c1. The van der Waals surface area contributed by atoms with Crippen molar-refractivity contribution < 1.29 is 9.21 Å². The molecule has 0 unspecified atom stereocenters. The van der Waals surface area contributed by atoms with E-state index in [4.69, 9.17) is 10.2 Å². The first kappa shape index (κ1) is 13.8. The number of benzene rings is 1. The van der Waals surface area contributed by atoms with Gasteiger partial charge in [-0.1, -0.05) is 28.6 Å². The minimum Gasteiger partial charge on any atom is -0.408 e. The summed E-state index contributed by atoms with van der Waals surface area (Å²) in [6.07, 6.45) is 0. The predicted molar refractivity (Wildman–Crippen MR) is 74.1 cm³/mol. The lowest BCUT2D eigenvalue weighted by Gasteiger charge is -2.05. The Balaban J connectivity index is 2.30. The van der Waals surface area contributed by atoms with Gasteiger partial charge in [0, 0.05) is 12.5 Å². The van der Waals surface area contributed by atoms with E-state index in [9.17, 15) is 4.79 Å². The number of hydrogen-bond donors (Lipinski definition) is 2. The van der Waals surface area contributed by atoms with Crippen LogP contribution in [0.5, 0.6) is 0 Å². The quantitative estimate of drug-likeness (QED) is 0.801. The minimum absolute atomic E-state index is 0.0618. The van der Waals surface area contributed by atoms with Crippen LogP contribution in [0.15, 0.2) is 22.6 Å². The maximum Gasteiger partial charge on any atom is 0.322 e. The second-order valence-electron chi connectivity index (χ2n) is 4.14. The van der Waals surface area contributed by atoms with E-state index in [1.807, 2.05) is 13.0 Å². The molecule has 0 spiro atoms. The number of carbonyl (C=O) groups excluding carboxylic acids is 1. The van der Waals surface area contributed by atoms with E-state index in [1.54, 1.807) is 19.1 Å². The molecule has 0 aliphatic heterocycles. The van der Waals surface area contributed by atoms with Gasteiger partial charge in [-0.05, 0) is 19.1 Å². The van der Waals surface area contributed by atoms with Gasteiger partial charge in [0.25, 0.3) is 5.91 Å². The molecule has 0 saturated heterocycles. The molecule has 1 aromatic heterocycles. The van der Waals surface area contributed by atoms with Crippen molar-refractivity contribution in [1.29, 1.82) is 0 Å². The average molecular weight is 270 g/mol. The Hall–Kier alpha value is -2.65. The van der Waals surface area contributed by atoms with Crippen LogP contribution in [0.3, 0.4) is 0 Å². The van der Waals surface area contributed by atoms with Crippen LogP contribution in [0.25, 0.3) is 0 Å². The van der Waals surface area contributed by atoms with Crippen molar-refractivity contribution in [3.05, 3.63) is 40.8 Å². The Morgan fingerprint density at radius 3 is 2.85 bits per heavy atom. The number of nitrogens with one attached hydrogen (secondary N) is 1. The molecule has 6 nitrogen and oxygen atoms in total. The number of nitrogens with zero attached hydrogens (tertiary/aromatic N) is 2. The monoisotopic (exact) mass is 270 g/mol. The van der Waals surface area contributed by atoms with Crippen LogP contribution in [0.4, 0.5) is 6.01 Å². The zero-order valence-corrected chi connectivity index (χ0v) is 11.2. The summed E-state index contributed by atoms with van der Waals surface area (Å²) in [7, 11) is 0. The van der Waals surface area contributed by atoms with E-state index in [0.717, 1.165) is 5.56 Å². The first-order chi connectivity index (χ1) is 9.60. The minimum atomic E-state index is -0.348. The fourth-order valence-electron chi connectivity index (χ4n) is 1.61. The Morgan fingerprint density at radius 2 is 2.20 bits per heavy atom. The van der Waals surface area contributed by atoms with Crippen LogP contribution in [0.2, 0.25) is 0 Å². The third-order valence-corrected chi connectivity index (χ3v) is 2.49. The summed E-state index contributed by atoms with van der Waals surface area (Å²) >= 11 is 0. The van der Waals surface area contributed by atoms with Crippen LogP contribution in [-0.4, -0.2) is 22.6 Å². The number of anilines is 1. The molecule has 0 bridgehead atoms. The molecule has 0 aliphatic carbocycles. The highest BCUT2D eigenvalue weighted by Gasteiger charge is 2.13. The van der Waals surface area contributed by atoms with Crippen molar-refractivity contribution in [3.63, 3.8) is 0 Å². The number of carbonyl (C=O) groups is 1. The number of aromatic nitrogens is 2. The number of rotatable bonds is 2. The van der Waals surface area contributed by atoms with Crippen molar-refractivity contribution in [3.8, 4) is 11.8 Å². The summed E-state index contributed by atoms with van der Waals surface area (Å²) in [4.78, 5) is 12.2. The van der Waals surface area contributed by atoms with E-state index in [1.165, 1.54) is 0 Å². The van der Waals surface area contributed by atoms with Crippen LogP contribution in [0, 0.1) is 25.7 Å². The molecule has 0 saturated carbocycles. The van der Waals surface area contributed by atoms with E-state index in [2.05, 4.69) is 27.4 Å². The molecule has 3 N–H and O–H groups in total. The summed E-state index contributed by atoms with van der Waals surface area (Å²) in [5.41, 5.74) is 7.36. The second kappa shape index (κ2) is 5.99. The van der Waals surface area contributed by atoms with E-state index in [0.29, 0.717) is 17.0 Å². The highest BCUT2D eigenvalue weighted by Crippen LogP contribution is 2.13. The van der Waals surface area contributed by atoms with Crippen LogP contribution < -0.4 is 11.1 Å². The molecule has 0 fully saturated rings. The first-order valence-corrected chi connectivity index (χ1v) is 6.01. The van der Waals surface area contributed by atoms with Crippen molar-refractivity contribution in [2.24, 2.45) is 5.73 Å². The molecule has 0 aliphatic rings. The standard InChI is InChI=1S/C14H14N4O2/c1-9-5-6-11(4-3-7-15)12(8-9)13(19)16-14-18-17-10(2)20-14/h5-6,8H,7,15H2,1-2H3,(H,16,18,19). The summed E-state index contributed by atoms with van der Waals surface area (Å²) in [6, 6.07) is 5.48. The van der Waals surface area contributed by atoms with Gasteiger partial charge in [0.05, 0.1) is 12.1 Å². The maximum absolute atomic E-state index is 12.2. The second-order valence-corrected chi connectivity index (χ2v) is 4.14. The number of nitrogens with two attached hydrogens (primary N) is 1. The van der Waals surface area contributed by atoms with Crippen molar-refractivity contribution in [2.45, 2.75) is 13.8 Å². The Labute approximate surface area is 116 Å². The van der Waals surface area contributed by atoms with Crippen LogP contribution >= 0.6 is 0 Å². The lowest BCUT2D eigenvalue weighted by atomic mass is 10.0. The predicted octanol–water partition coefficient (Wildman–Crippen LogP) is 1.25. The molecule has 2 aromatic rings. The average Bonchev–Trinajstić information content (AvgIpc) is 2.82. The highest BCUT2D eigenvalue weighted by atomic mass is 16.4. The molecule has 2 rings (SSSR count). The van der Waals surface area contributed by atoms with E-state index < -0.39 is 0 Å².